The minimum absolute atomic E-state index is 0.266. The number of anilines is 1. The molecule has 1 saturated carbocycles. The zero-order chi connectivity index (χ0) is 12.1. The van der Waals surface area contributed by atoms with Crippen LogP contribution in [-0.2, 0) is 0 Å². The number of hydrogen-bond acceptors (Lipinski definition) is 4. The molecule has 0 radical (unpaired) electrons. The first-order valence-corrected chi connectivity index (χ1v) is 6.22. The van der Waals surface area contributed by atoms with E-state index in [9.17, 15) is 0 Å². The van der Waals surface area contributed by atoms with Crippen LogP contribution >= 0.6 is 0 Å². The summed E-state index contributed by atoms with van der Waals surface area (Å²) >= 11 is 0. The lowest BCUT2D eigenvalue weighted by Crippen LogP contribution is -2.17. The van der Waals surface area contributed by atoms with Crippen molar-refractivity contribution in [3.05, 3.63) is 18.3 Å². The molecular formula is C13H20N2O2. The van der Waals surface area contributed by atoms with Gasteiger partial charge < -0.3 is 15.2 Å². The van der Waals surface area contributed by atoms with E-state index in [1.807, 2.05) is 19.1 Å². The molecule has 94 valence electrons. The van der Waals surface area contributed by atoms with Gasteiger partial charge >= 0.3 is 0 Å². The number of ether oxygens (including phenoxy) is 1. The second-order valence-electron chi connectivity index (χ2n) is 4.61. The molecule has 1 aromatic heterocycles. The number of aromatic nitrogens is 1. The Morgan fingerprint density at radius 1 is 1.53 bits per heavy atom. The van der Waals surface area contributed by atoms with Crippen molar-refractivity contribution in [1.29, 1.82) is 0 Å². The molecule has 0 aromatic carbocycles. The molecule has 2 rings (SSSR count). The van der Waals surface area contributed by atoms with Crippen molar-refractivity contribution in [2.75, 3.05) is 25.1 Å². The van der Waals surface area contributed by atoms with Crippen molar-refractivity contribution >= 4 is 5.82 Å². The molecule has 0 unspecified atom stereocenters. The Balaban J connectivity index is 1.94. The second-order valence-corrected chi connectivity index (χ2v) is 4.61. The van der Waals surface area contributed by atoms with Gasteiger partial charge in [-0.2, -0.15) is 0 Å². The number of hydrogen-bond donors (Lipinski definition) is 2. The van der Waals surface area contributed by atoms with Gasteiger partial charge in [0.2, 0.25) is 0 Å². The third-order valence-corrected chi connectivity index (χ3v) is 3.30. The molecule has 0 aliphatic heterocycles. The molecule has 0 atom stereocenters. The highest BCUT2D eigenvalue weighted by molar-refractivity contribution is 5.49. The van der Waals surface area contributed by atoms with Crippen LogP contribution in [0.1, 0.15) is 26.2 Å². The molecule has 1 aromatic rings. The van der Waals surface area contributed by atoms with Crippen molar-refractivity contribution in [2.45, 2.75) is 26.2 Å². The number of pyridine rings is 1. The molecular weight excluding hydrogens is 216 g/mol. The maximum Gasteiger partial charge on any atom is 0.168 e. The fourth-order valence-corrected chi connectivity index (χ4v) is 2.00. The first-order chi connectivity index (χ1) is 8.29. The molecule has 0 amide bonds. The Bertz CT molecular complexity index is 364. The quantitative estimate of drug-likeness (QED) is 0.761. The second kappa shape index (κ2) is 5.36. The van der Waals surface area contributed by atoms with E-state index in [-0.39, 0.29) is 12.0 Å². The van der Waals surface area contributed by atoms with Crippen LogP contribution in [0.3, 0.4) is 0 Å². The van der Waals surface area contributed by atoms with Gasteiger partial charge in [0.1, 0.15) is 0 Å². The first kappa shape index (κ1) is 12.2. The van der Waals surface area contributed by atoms with E-state index in [4.69, 9.17) is 9.84 Å². The molecule has 4 nitrogen and oxygen atoms in total. The number of aliphatic hydroxyl groups excluding tert-OH is 1. The third-order valence-electron chi connectivity index (χ3n) is 3.30. The Morgan fingerprint density at radius 2 is 2.35 bits per heavy atom. The molecule has 1 heterocycles. The smallest absolute Gasteiger partial charge is 0.168 e. The van der Waals surface area contributed by atoms with Gasteiger partial charge in [0.15, 0.2) is 11.6 Å². The Hall–Kier alpha value is -1.29. The van der Waals surface area contributed by atoms with Crippen LogP contribution in [-0.4, -0.2) is 29.8 Å². The van der Waals surface area contributed by atoms with Crippen LogP contribution in [0.2, 0.25) is 0 Å². The highest BCUT2D eigenvalue weighted by Gasteiger charge is 2.41. The first-order valence-electron chi connectivity index (χ1n) is 6.22. The van der Waals surface area contributed by atoms with E-state index in [1.165, 1.54) is 12.8 Å². The fraction of sp³-hybridized carbons (Fsp3) is 0.615. The topological polar surface area (TPSA) is 54.4 Å². The Kier molecular flexibility index (Phi) is 3.84. The summed E-state index contributed by atoms with van der Waals surface area (Å²) in [6, 6.07) is 3.79. The lowest BCUT2D eigenvalue weighted by molar-refractivity contribution is 0.253. The third kappa shape index (κ3) is 3.09. The number of nitrogens with one attached hydrogen (secondary N) is 1. The monoisotopic (exact) mass is 236 g/mol. The van der Waals surface area contributed by atoms with E-state index in [2.05, 4.69) is 10.3 Å². The van der Waals surface area contributed by atoms with Gasteiger partial charge in [-0.05, 0) is 43.7 Å². The van der Waals surface area contributed by atoms with Crippen LogP contribution in [0.25, 0.3) is 0 Å². The fourth-order valence-electron chi connectivity index (χ4n) is 2.00. The summed E-state index contributed by atoms with van der Waals surface area (Å²) in [6.45, 7) is 3.74. The summed E-state index contributed by atoms with van der Waals surface area (Å²) in [5.74, 6) is 1.60. The molecule has 1 fully saturated rings. The standard InChI is InChI=1S/C13H20N2O2/c1-2-17-11-4-3-8-14-12(11)15-10-13(5-6-13)7-9-16/h3-4,8,16H,2,5-7,9-10H2,1H3,(H,14,15). The molecule has 1 aliphatic rings. The summed E-state index contributed by atoms with van der Waals surface area (Å²) in [5, 5.41) is 12.3. The van der Waals surface area contributed by atoms with Crippen molar-refractivity contribution < 1.29 is 9.84 Å². The maximum atomic E-state index is 9.01. The number of aliphatic hydroxyl groups is 1. The zero-order valence-electron chi connectivity index (χ0n) is 10.3. The normalized spacial score (nSPS) is 16.6. The van der Waals surface area contributed by atoms with Crippen LogP contribution in [0.4, 0.5) is 5.82 Å². The predicted molar refractivity (Wildman–Crippen MR) is 67.3 cm³/mol. The van der Waals surface area contributed by atoms with E-state index >= 15 is 0 Å². The molecule has 2 N–H and O–H groups in total. The van der Waals surface area contributed by atoms with Gasteiger partial charge in [-0.15, -0.1) is 0 Å². The van der Waals surface area contributed by atoms with Crippen LogP contribution in [0.5, 0.6) is 5.75 Å². The predicted octanol–water partition coefficient (Wildman–Crippen LogP) is 2.05. The zero-order valence-corrected chi connectivity index (χ0v) is 10.3. The number of nitrogens with zero attached hydrogens (tertiary/aromatic N) is 1. The molecule has 0 saturated heterocycles. The average molecular weight is 236 g/mol. The lowest BCUT2D eigenvalue weighted by atomic mass is 10.0. The molecule has 17 heavy (non-hydrogen) atoms. The van der Waals surface area contributed by atoms with E-state index < -0.39 is 0 Å². The highest BCUT2D eigenvalue weighted by atomic mass is 16.5. The van der Waals surface area contributed by atoms with E-state index in [1.54, 1.807) is 6.20 Å². The van der Waals surface area contributed by atoms with Gasteiger partial charge in [0, 0.05) is 19.3 Å². The summed E-state index contributed by atoms with van der Waals surface area (Å²) in [7, 11) is 0. The van der Waals surface area contributed by atoms with Gasteiger partial charge in [0.25, 0.3) is 0 Å². The average Bonchev–Trinajstić information content (AvgIpc) is 3.09. The SMILES string of the molecule is CCOc1cccnc1NCC1(CCO)CC1. The van der Waals surface area contributed by atoms with E-state index in [0.717, 1.165) is 24.5 Å². The summed E-state index contributed by atoms with van der Waals surface area (Å²) in [6.07, 6.45) is 5.02. The maximum absolute atomic E-state index is 9.01. The van der Waals surface area contributed by atoms with Gasteiger partial charge in [-0.25, -0.2) is 4.98 Å². The van der Waals surface area contributed by atoms with Crippen molar-refractivity contribution in [2.24, 2.45) is 5.41 Å². The molecule has 1 aliphatic carbocycles. The number of rotatable bonds is 7. The summed E-state index contributed by atoms with van der Waals surface area (Å²) < 4.78 is 5.51. The molecule has 0 spiro atoms. The van der Waals surface area contributed by atoms with Crippen LogP contribution < -0.4 is 10.1 Å². The van der Waals surface area contributed by atoms with Gasteiger partial charge in [-0.1, -0.05) is 0 Å². The Labute approximate surface area is 102 Å². The largest absolute Gasteiger partial charge is 0.490 e. The lowest BCUT2D eigenvalue weighted by Gasteiger charge is -2.16. The van der Waals surface area contributed by atoms with Crippen LogP contribution in [0, 0.1) is 5.41 Å². The van der Waals surface area contributed by atoms with E-state index in [0.29, 0.717) is 6.61 Å². The highest BCUT2D eigenvalue weighted by Crippen LogP contribution is 2.48. The summed E-state index contributed by atoms with van der Waals surface area (Å²) in [5.41, 5.74) is 0.287. The van der Waals surface area contributed by atoms with Crippen LogP contribution in [0.15, 0.2) is 18.3 Å². The summed E-state index contributed by atoms with van der Waals surface area (Å²) in [4.78, 5) is 4.29. The Morgan fingerprint density at radius 3 is 3.00 bits per heavy atom. The minimum Gasteiger partial charge on any atom is -0.490 e. The minimum atomic E-state index is 0.266. The van der Waals surface area contributed by atoms with Gasteiger partial charge in [0.05, 0.1) is 6.61 Å². The van der Waals surface area contributed by atoms with Crippen molar-refractivity contribution in [3.63, 3.8) is 0 Å². The van der Waals surface area contributed by atoms with Crippen molar-refractivity contribution in [3.8, 4) is 5.75 Å². The van der Waals surface area contributed by atoms with Crippen molar-refractivity contribution in [1.82, 2.24) is 4.98 Å². The van der Waals surface area contributed by atoms with Gasteiger partial charge in [-0.3, -0.25) is 0 Å². The molecule has 4 heteroatoms. The molecule has 0 bridgehead atoms.